The van der Waals surface area contributed by atoms with Gasteiger partial charge in [0.2, 0.25) is 0 Å². The van der Waals surface area contributed by atoms with Gasteiger partial charge in [0.15, 0.2) is 11.9 Å². The fraction of sp³-hybridized carbons (Fsp3) is 0.529. The molecule has 5 N–H and O–H groups in total. The van der Waals surface area contributed by atoms with E-state index >= 15 is 0 Å². The molecule has 1 aromatic carbocycles. The Balaban J connectivity index is 0.00000264. The van der Waals surface area contributed by atoms with E-state index in [1.165, 1.54) is 42.4 Å². The number of fused-ring (bicyclic) bond motifs is 1. The molecule has 0 saturated heterocycles. The highest BCUT2D eigenvalue weighted by molar-refractivity contribution is 5.95. The zero-order chi connectivity index (χ0) is 16.2. The van der Waals surface area contributed by atoms with Crippen LogP contribution in [0, 0.1) is 10.8 Å². The maximum Gasteiger partial charge on any atom is 0.195 e. The van der Waals surface area contributed by atoms with Crippen LogP contribution < -0.4 is 16.0 Å². The van der Waals surface area contributed by atoms with E-state index in [9.17, 15) is 0 Å². The summed E-state index contributed by atoms with van der Waals surface area (Å²) in [5, 5.41) is 24.3. The molecule has 128 valence electrons. The van der Waals surface area contributed by atoms with Crippen LogP contribution in [0.1, 0.15) is 50.3 Å². The topological polar surface area (TPSA) is 83.8 Å². The number of aryl methyl sites for hydroxylation is 2. The number of rotatable bonds is 2. The van der Waals surface area contributed by atoms with Crippen molar-refractivity contribution in [2.75, 3.05) is 0 Å². The summed E-state index contributed by atoms with van der Waals surface area (Å²) in [7, 11) is 0. The maximum atomic E-state index is 7.86. The fourth-order valence-corrected chi connectivity index (χ4v) is 2.66. The first kappa shape index (κ1) is 19.3. The Hall–Kier alpha value is -1.75. The summed E-state index contributed by atoms with van der Waals surface area (Å²) in [6, 6.07) is 6.59. The van der Waals surface area contributed by atoms with Crippen LogP contribution >= 0.6 is 12.4 Å². The monoisotopic (exact) mass is 337 g/mol. The summed E-state index contributed by atoms with van der Waals surface area (Å²) in [4.78, 5) is 0. The van der Waals surface area contributed by atoms with Gasteiger partial charge in [0.1, 0.15) is 0 Å². The van der Waals surface area contributed by atoms with Crippen molar-refractivity contribution in [1.29, 1.82) is 10.8 Å². The first-order chi connectivity index (χ1) is 10.3. The first-order valence-corrected chi connectivity index (χ1v) is 7.90. The molecule has 23 heavy (non-hydrogen) atoms. The van der Waals surface area contributed by atoms with Crippen molar-refractivity contribution in [2.45, 2.75) is 58.5 Å². The summed E-state index contributed by atoms with van der Waals surface area (Å²) in [5.74, 6) is 0.273. The molecule has 1 aliphatic rings. The third-order valence-corrected chi connectivity index (χ3v) is 3.63. The maximum absolute atomic E-state index is 7.86. The molecule has 1 aliphatic carbocycles. The van der Waals surface area contributed by atoms with Crippen LogP contribution in [0.2, 0.25) is 0 Å². The molecule has 0 amide bonds. The largest absolute Gasteiger partial charge is 0.352 e. The van der Waals surface area contributed by atoms with Crippen molar-refractivity contribution in [2.24, 2.45) is 0 Å². The van der Waals surface area contributed by atoms with Crippen molar-refractivity contribution in [3.8, 4) is 0 Å². The van der Waals surface area contributed by atoms with Gasteiger partial charge in [-0.25, -0.2) is 0 Å². The van der Waals surface area contributed by atoms with Gasteiger partial charge in [0.05, 0.1) is 0 Å². The average molecular weight is 338 g/mol. The molecular formula is C17H28ClN5. The quantitative estimate of drug-likeness (QED) is 0.425. The number of nitrogens with one attached hydrogen (secondary N) is 5. The van der Waals surface area contributed by atoms with Crippen molar-refractivity contribution in [3.05, 3.63) is 34.9 Å². The van der Waals surface area contributed by atoms with Crippen LogP contribution in [0.4, 0.5) is 0 Å². The van der Waals surface area contributed by atoms with Crippen molar-refractivity contribution >= 4 is 24.3 Å². The van der Waals surface area contributed by atoms with E-state index in [0.29, 0.717) is 6.54 Å². The third kappa shape index (κ3) is 6.48. The van der Waals surface area contributed by atoms with Gasteiger partial charge < -0.3 is 10.6 Å². The molecular weight excluding hydrogens is 310 g/mol. The smallest absolute Gasteiger partial charge is 0.195 e. The minimum absolute atomic E-state index is 0. The van der Waals surface area contributed by atoms with Crippen molar-refractivity contribution < 1.29 is 0 Å². The second-order valence-corrected chi connectivity index (χ2v) is 6.91. The molecule has 0 aliphatic heterocycles. The molecule has 0 bridgehead atoms. The fourth-order valence-electron chi connectivity index (χ4n) is 2.66. The van der Waals surface area contributed by atoms with E-state index in [4.69, 9.17) is 10.8 Å². The van der Waals surface area contributed by atoms with Crippen LogP contribution in [0.5, 0.6) is 0 Å². The van der Waals surface area contributed by atoms with Gasteiger partial charge in [-0.3, -0.25) is 16.1 Å². The van der Waals surface area contributed by atoms with Gasteiger partial charge in [-0.2, -0.15) is 0 Å². The van der Waals surface area contributed by atoms with E-state index in [0.717, 1.165) is 0 Å². The lowest BCUT2D eigenvalue weighted by molar-refractivity contribution is 0.505. The lowest BCUT2D eigenvalue weighted by Crippen LogP contribution is -2.51. The number of halogens is 1. The molecule has 0 atom stereocenters. The molecule has 0 heterocycles. The molecule has 0 fully saturated rings. The molecule has 1 aromatic rings. The van der Waals surface area contributed by atoms with E-state index in [-0.39, 0.29) is 29.9 Å². The molecule has 6 heteroatoms. The second-order valence-electron chi connectivity index (χ2n) is 6.91. The zero-order valence-corrected chi connectivity index (χ0v) is 15.0. The van der Waals surface area contributed by atoms with Crippen LogP contribution in [0.15, 0.2) is 18.2 Å². The minimum Gasteiger partial charge on any atom is -0.352 e. The van der Waals surface area contributed by atoms with Gasteiger partial charge in [-0.1, -0.05) is 18.2 Å². The highest BCUT2D eigenvalue weighted by Crippen LogP contribution is 2.22. The Morgan fingerprint density at radius 1 is 1.04 bits per heavy atom. The predicted molar refractivity (Wildman–Crippen MR) is 98.6 cm³/mol. The number of benzene rings is 1. The Morgan fingerprint density at radius 2 is 1.70 bits per heavy atom. The number of hydrogen-bond acceptors (Lipinski definition) is 2. The Morgan fingerprint density at radius 3 is 2.35 bits per heavy atom. The lowest BCUT2D eigenvalue weighted by Gasteiger charge is -2.23. The summed E-state index contributed by atoms with van der Waals surface area (Å²) in [6.07, 6.45) is 4.92. The van der Waals surface area contributed by atoms with Gasteiger partial charge in [-0.15, -0.1) is 12.4 Å². The molecule has 0 radical (unpaired) electrons. The SMILES string of the molecule is CC(C)(C)NC(=N)NC(=N)NCc1ccc2c(c1)CCCC2.Cl. The van der Waals surface area contributed by atoms with Gasteiger partial charge in [0.25, 0.3) is 0 Å². The van der Waals surface area contributed by atoms with Gasteiger partial charge in [0, 0.05) is 12.1 Å². The van der Waals surface area contributed by atoms with Crippen LogP contribution in [-0.4, -0.2) is 17.5 Å². The van der Waals surface area contributed by atoms with E-state index in [2.05, 4.69) is 34.1 Å². The predicted octanol–water partition coefficient (Wildman–Crippen LogP) is 2.92. The first-order valence-electron chi connectivity index (χ1n) is 7.90. The van der Waals surface area contributed by atoms with Crippen molar-refractivity contribution in [3.63, 3.8) is 0 Å². The Kier molecular flexibility index (Phi) is 6.88. The van der Waals surface area contributed by atoms with Crippen LogP contribution in [-0.2, 0) is 19.4 Å². The van der Waals surface area contributed by atoms with E-state index in [1.807, 2.05) is 20.8 Å². The van der Waals surface area contributed by atoms with E-state index < -0.39 is 0 Å². The lowest BCUT2D eigenvalue weighted by atomic mass is 9.90. The number of hydrogen-bond donors (Lipinski definition) is 5. The van der Waals surface area contributed by atoms with Crippen LogP contribution in [0.3, 0.4) is 0 Å². The summed E-state index contributed by atoms with van der Waals surface area (Å²) in [6.45, 7) is 6.54. The third-order valence-electron chi connectivity index (χ3n) is 3.63. The second kappa shape index (κ2) is 8.20. The molecule has 2 rings (SSSR count). The molecule has 0 aromatic heterocycles. The normalized spacial score (nSPS) is 13.3. The minimum atomic E-state index is -0.192. The molecule has 0 spiro atoms. The van der Waals surface area contributed by atoms with Crippen LogP contribution in [0.25, 0.3) is 0 Å². The molecule has 0 unspecified atom stereocenters. The summed E-state index contributed by atoms with van der Waals surface area (Å²) in [5.41, 5.74) is 3.91. The summed E-state index contributed by atoms with van der Waals surface area (Å²) < 4.78 is 0. The summed E-state index contributed by atoms with van der Waals surface area (Å²) >= 11 is 0. The highest BCUT2D eigenvalue weighted by Gasteiger charge is 2.12. The molecule has 5 nitrogen and oxygen atoms in total. The Labute approximate surface area is 145 Å². The van der Waals surface area contributed by atoms with Gasteiger partial charge in [-0.05, 0) is 63.1 Å². The number of guanidine groups is 2. The van der Waals surface area contributed by atoms with Crippen molar-refractivity contribution in [1.82, 2.24) is 16.0 Å². The Bertz CT molecular complexity index is 563. The van der Waals surface area contributed by atoms with Gasteiger partial charge >= 0.3 is 0 Å². The zero-order valence-electron chi connectivity index (χ0n) is 14.2. The standard InChI is InChI=1S/C17H27N5.ClH/c1-17(2,3)22-16(19)21-15(18)20-11-12-8-9-13-6-4-5-7-14(13)10-12;/h8-10H,4-7,11H2,1-3H3,(H5,18,19,20,21,22);1H. The average Bonchev–Trinajstić information content (AvgIpc) is 2.42. The highest BCUT2D eigenvalue weighted by atomic mass is 35.5. The van der Waals surface area contributed by atoms with E-state index in [1.54, 1.807) is 0 Å². The molecule has 0 saturated carbocycles.